The average molecular weight is 235 g/mol. The van der Waals surface area contributed by atoms with Crippen molar-refractivity contribution < 1.29 is 13.9 Å². The summed E-state index contributed by atoms with van der Waals surface area (Å²) in [5.74, 6) is 1.96. The maximum atomic E-state index is 8.91. The van der Waals surface area contributed by atoms with Crippen LogP contribution in [0.25, 0.3) is 11.7 Å². The number of aliphatic hydroxyl groups excluding tert-OH is 1. The Morgan fingerprint density at radius 1 is 1.41 bits per heavy atom. The lowest BCUT2D eigenvalue weighted by Crippen LogP contribution is -2.47. The van der Waals surface area contributed by atoms with Gasteiger partial charge in [0.15, 0.2) is 5.76 Å². The first-order valence-corrected chi connectivity index (χ1v) is 5.54. The topological polar surface area (TPSA) is 75.5 Å². The fourth-order valence-corrected chi connectivity index (χ4v) is 1.93. The standard InChI is InChI=1S/C11H13N3O3/c15-7-8-4-14(5-8)6-10-12-13-11(17-10)9-2-1-3-16-9/h1-3,8,15H,4-7H2. The first-order chi connectivity index (χ1) is 8.35. The molecule has 0 amide bonds. The summed E-state index contributed by atoms with van der Waals surface area (Å²) in [6, 6.07) is 3.56. The second-order valence-electron chi connectivity index (χ2n) is 4.22. The van der Waals surface area contributed by atoms with Crippen LogP contribution in [0.3, 0.4) is 0 Å². The molecule has 0 atom stereocenters. The molecule has 0 saturated carbocycles. The third-order valence-corrected chi connectivity index (χ3v) is 2.85. The summed E-state index contributed by atoms with van der Waals surface area (Å²) in [6.45, 7) is 2.64. The third-order valence-electron chi connectivity index (χ3n) is 2.85. The van der Waals surface area contributed by atoms with E-state index in [9.17, 15) is 0 Å². The van der Waals surface area contributed by atoms with Gasteiger partial charge < -0.3 is 13.9 Å². The number of likely N-dealkylation sites (tertiary alicyclic amines) is 1. The SMILES string of the molecule is OCC1CN(Cc2nnc(-c3ccco3)o2)C1. The van der Waals surface area contributed by atoms with E-state index in [4.69, 9.17) is 13.9 Å². The van der Waals surface area contributed by atoms with Crippen LogP contribution in [0.15, 0.2) is 27.2 Å². The second-order valence-corrected chi connectivity index (χ2v) is 4.22. The predicted molar refractivity (Wildman–Crippen MR) is 57.9 cm³/mol. The van der Waals surface area contributed by atoms with Crippen molar-refractivity contribution in [3.63, 3.8) is 0 Å². The summed E-state index contributed by atoms with van der Waals surface area (Å²) in [7, 11) is 0. The highest BCUT2D eigenvalue weighted by atomic mass is 16.4. The van der Waals surface area contributed by atoms with Gasteiger partial charge >= 0.3 is 0 Å². The molecule has 2 aromatic heterocycles. The summed E-state index contributed by atoms with van der Waals surface area (Å²) in [5.41, 5.74) is 0. The normalized spacial score (nSPS) is 17.2. The van der Waals surface area contributed by atoms with Crippen LogP contribution in [-0.2, 0) is 6.54 Å². The summed E-state index contributed by atoms with van der Waals surface area (Å²) in [4.78, 5) is 2.15. The number of hydrogen-bond donors (Lipinski definition) is 1. The lowest BCUT2D eigenvalue weighted by Gasteiger charge is -2.37. The molecule has 1 saturated heterocycles. The molecule has 17 heavy (non-hydrogen) atoms. The zero-order valence-electron chi connectivity index (χ0n) is 9.24. The van der Waals surface area contributed by atoms with E-state index in [0.29, 0.717) is 30.0 Å². The number of rotatable bonds is 4. The molecule has 3 heterocycles. The lowest BCUT2D eigenvalue weighted by molar-refractivity contribution is 0.0417. The highest BCUT2D eigenvalue weighted by Gasteiger charge is 2.27. The molecule has 90 valence electrons. The van der Waals surface area contributed by atoms with Gasteiger partial charge in [0.2, 0.25) is 5.89 Å². The number of aliphatic hydroxyl groups is 1. The first-order valence-electron chi connectivity index (χ1n) is 5.54. The lowest BCUT2D eigenvalue weighted by atomic mass is 10.0. The molecular weight excluding hydrogens is 222 g/mol. The Labute approximate surface area is 97.9 Å². The largest absolute Gasteiger partial charge is 0.459 e. The molecular formula is C11H13N3O3. The smallest absolute Gasteiger partial charge is 0.283 e. The highest BCUT2D eigenvalue weighted by molar-refractivity contribution is 5.42. The molecule has 0 bridgehead atoms. The van der Waals surface area contributed by atoms with E-state index in [1.54, 1.807) is 18.4 Å². The summed E-state index contributed by atoms with van der Waals surface area (Å²) in [6.07, 6.45) is 1.57. The molecule has 0 radical (unpaired) electrons. The minimum Gasteiger partial charge on any atom is -0.459 e. The van der Waals surface area contributed by atoms with Crippen LogP contribution >= 0.6 is 0 Å². The predicted octanol–water partition coefficient (Wildman–Crippen LogP) is 0.754. The Balaban J connectivity index is 1.62. The molecule has 6 nitrogen and oxygen atoms in total. The Hall–Kier alpha value is -1.66. The second kappa shape index (κ2) is 4.31. The Kier molecular flexibility index (Phi) is 2.66. The van der Waals surface area contributed by atoms with Crippen LogP contribution in [0.5, 0.6) is 0 Å². The van der Waals surface area contributed by atoms with Crippen LogP contribution in [0.4, 0.5) is 0 Å². The van der Waals surface area contributed by atoms with E-state index < -0.39 is 0 Å². The van der Waals surface area contributed by atoms with Gasteiger partial charge in [-0.2, -0.15) is 0 Å². The number of nitrogens with zero attached hydrogens (tertiary/aromatic N) is 3. The van der Waals surface area contributed by atoms with Gasteiger partial charge in [0.1, 0.15) is 0 Å². The molecule has 1 N–H and O–H groups in total. The van der Waals surface area contributed by atoms with Gasteiger partial charge in [-0.15, -0.1) is 10.2 Å². The van der Waals surface area contributed by atoms with E-state index in [1.807, 2.05) is 0 Å². The number of furan rings is 1. The average Bonchev–Trinajstić information content (AvgIpc) is 2.92. The first kappa shape index (κ1) is 10.5. The van der Waals surface area contributed by atoms with Crippen LogP contribution in [-0.4, -0.2) is 39.9 Å². The van der Waals surface area contributed by atoms with E-state index >= 15 is 0 Å². The number of aromatic nitrogens is 2. The van der Waals surface area contributed by atoms with E-state index in [2.05, 4.69) is 15.1 Å². The monoisotopic (exact) mass is 235 g/mol. The minimum atomic E-state index is 0.248. The van der Waals surface area contributed by atoms with Crippen molar-refractivity contribution in [3.05, 3.63) is 24.3 Å². The summed E-state index contributed by atoms with van der Waals surface area (Å²) < 4.78 is 10.7. The van der Waals surface area contributed by atoms with Crippen LogP contribution < -0.4 is 0 Å². The zero-order chi connectivity index (χ0) is 11.7. The Morgan fingerprint density at radius 2 is 2.29 bits per heavy atom. The van der Waals surface area contributed by atoms with Gasteiger partial charge in [0.25, 0.3) is 5.89 Å². The van der Waals surface area contributed by atoms with Crippen molar-refractivity contribution in [1.82, 2.24) is 15.1 Å². The summed E-state index contributed by atoms with van der Waals surface area (Å²) >= 11 is 0. The summed E-state index contributed by atoms with van der Waals surface area (Å²) in [5, 5.41) is 16.8. The minimum absolute atomic E-state index is 0.248. The molecule has 6 heteroatoms. The quantitative estimate of drug-likeness (QED) is 0.843. The van der Waals surface area contributed by atoms with Crippen LogP contribution in [0.1, 0.15) is 5.89 Å². The van der Waals surface area contributed by atoms with Crippen molar-refractivity contribution in [2.45, 2.75) is 6.54 Å². The van der Waals surface area contributed by atoms with Gasteiger partial charge in [0.05, 0.1) is 12.8 Å². The Morgan fingerprint density at radius 3 is 3.00 bits per heavy atom. The van der Waals surface area contributed by atoms with Gasteiger partial charge in [-0.3, -0.25) is 4.90 Å². The molecule has 0 aliphatic carbocycles. The van der Waals surface area contributed by atoms with E-state index in [1.165, 1.54) is 0 Å². The van der Waals surface area contributed by atoms with Gasteiger partial charge in [-0.1, -0.05) is 0 Å². The van der Waals surface area contributed by atoms with Crippen molar-refractivity contribution in [1.29, 1.82) is 0 Å². The van der Waals surface area contributed by atoms with Crippen molar-refractivity contribution in [2.75, 3.05) is 19.7 Å². The fourth-order valence-electron chi connectivity index (χ4n) is 1.93. The number of hydrogen-bond acceptors (Lipinski definition) is 6. The third kappa shape index (κ3) is 2.09. The fraction of sp³-hybridized carbons (Fsp3) is 0.455. The Bertz CT molecular complexity index is 474. The zero-order valence-corrected chi connectivity index (χ0v) is 9.24. The molecule has 1 aliphatic heterocycles. The molecule has 0 spiro atoms. The van der Waals surface area contributed by atoms with Crippen molar-refractivity contribution in [2.24, 2.45) is 5.92 Å². The van der Waals surface area contributed by atoms with Gasteiger partial charge in [0, 0.05) is 25.6 Å². The molecule has 0 unspecified atom stereocenters. The molecule has 3 rings (SSSR count). The van der Waals surface area contributed by atoms with E-state index in [0.717, 1.165) is 13.1 Å². The maximum Gasteiger partial charge on any atom is 0.283 e. The van der Waals surface area contributed by atoms with Gasteiger partial charge in [-0.05, 0) is 12.1 Å². The maximum absolute atomic E-state index is 8.91. The van der Waals surface area contributed by atoms with Crippen molar-refractivity contribution in [3.8, 4) is 11.7 Å². The molecule has 2 aromatic rings. The molecule has 1 fully saturated rings. The van der Waals surface area contributed by atoms with Gasteiger partial charge in [-0.25, -0.2) is 0 Å². The van der Waals surface area contributed by atoms with Crippen LogP contribution in [0, 0.1) is 5.92 Å². The molecule has 1 aliphatic rings. The van der Waals surface area contributed by atoms with Crippen molar-refractivity contribution >= 4 is 0 Å². The van der Waals surface area contributed by atoms with Crippen LogP contribution in [0.2, 0.25) is 0 Å². The van der Waals surface area contributed by atoms with E-state index in [-0.39, 0.29) is 6.61 Å². The molecule has 0 aromatic carbocycles. The highest BCUT2D eigenvalue weighted by Crippen LogP contribution is 2.21.